The van der Waals surface area contributed by atoms with Crippen molar-refractivity contribution in [3.63, 3.8) is 0 Å². The number of piperidine rings is 1. The van der Waals surface area contributed by atoms with Crippen LogP contribution < -0.4 is 4.74 Å². The SMILES string of the molecule is C[C@@H]1[C@H]2Cc3ccc(OC(=O)N(C)C)cc3[C@]1(C)CCN2C(=O)c1ccc2nc[nH]c2c1. The van der Waals surface area contributed by atoms with E-state index in [2.05, 4.69) is 29.9 Å². The van der Waals surface area contributed by atoms with Crippen molar-refractivity contribution in [2.45, 2.75) is 38.1 Å². The molecule has 0 radical (unpaired) electrons. The Kier molecular flexibility index (Phi) is 4.73. The van der Waals surface area contributed by atoms with Crippen LogP contribution >= 0.6 is 0 Å². The maximum absolute atomic E-state index is 13.5. The van der Waals surface area contributed by atoms with Crippen LogP contribution in [0.25, 0.3) is 11.0 Å². The Morgan fingerprint density at radius 3 is 2.81 bits per heavy atom. The van der Waals surface area contributed by atoms with Gasteiger partial charge in [-0.2, -0.15) is 0 Å². The van der Waals surface area contributed by atoms with Gasteiger partial charge in [0.05, 0.1) is 17.4 Å². The third-order valence-corrected chi connectivity index (χ3v) is 7.48. The lowest BCUT2D eigenvalue weighted by molar-refractivity contribution is 0.0250. The van der Waals surface area contributed by atoms with Gasteiger partial charge in [-0.25, -0.2) is 9.78 Å². The summed E-state index contributed by atoms with van der Waals surface area (Å²) in [5.74, 6) is 0.921. The molecule has 0 spiro atoms. The first kappa shape index (κ1) is 20.5. The highest BCUT2D eigenvalue weighted by Gasteiger charge is 2.49. The van der Waals surface area contributed by atoms with Crippen LogP contribution in [0.2, 0.25) is 0 Å². The van der Waals surface area contributed by atoms with Crippen molar-refractivity contribution in [2.75, 3.05) is 20.6 Å². The summed E-state index contributed by atoms with van der Waals surface area (Å²) < 4.78 is 5.52. The number of aromatic amines is 1. The lowest BCUT2D eigenvalue weighted by Gasteiger charge is -2.54. The van der Waals surface area contributed by atoms with Crippen LogP contribution in [0.15, 0.2) is 42.7 Å². The van der Waals surface area contributed by atoms with Crippen LogP contribution in [0.4, 0.5) is 4.79 Å². The zero-order valence-electron chi connectivity index (χ0n) is 18.9. The zero-order valence-corrected chi connectivity index (χ0v) is 18.9. The molecule has 2 heterocycles. The number of benzene rings is 2. The van der Waals surface area contributed by atoms with Gasteiger partial charge in [0.2, 0.25) is 0 Å². The standard InChI is InChI=1S/C25H28N4O3/c1-15-22-12-16-5-7-18(32-24(31)28(3)4)13-19(16)25(15,2)9-10-29(22)23(30)17-6-8-20-21(11-17)27-14-26-20/h5-8,11,13-15,22H,9-10,12H2,1-4H3,(H,26,27)/t15-,22-,25-/m1/s1. The molecule has 7 heteroatoms. The highest BCUT2D eigenvalue weighted by atomic mass is 16.6. The molecule has 2 aliphatic rings. The molecule has 2 amide bonds. The van der Waals surface area contributed by atoms with E-state index in [0.717, 1.165) is 23.9 Å². The van der Waals surface area contributed by atoms with E-state index in [9.17, 15) is 9.59 Å². The number of aromatic nitrogens is 2. The number of hydrogen-bond donors (Lipinski definition) is 1. The van der Waals surface area contributed by atoms with Crippen molar-refractivity contribution >= 4 is 23.0 Å². The molecule has 1 aliphatic carbocycles. The second-order valence-corrected chi connectivity index (χ2v) is 9.44. The number of nitrogens with zero attached hydrogens (tertiary/aromatic N) is 3. The average molecular weight is 433 g/mol. The van der Waals surface area contributed by atoms with Crippen molar-refractivity contribution in [1.82, 2.24) is 19.8 Å². The van der Waals surface area contributed by atoms with Gasteiger partial charge in [0.1, 0.15) is 5.75 Å². The summed E-state index contributed by atoms with van der Waals surface area (Å²) in [6.45, 7) is 5.22. The number of carbonyl (C=O) groups excluding carboxylic acids is 2. The van der Waals surface area contributed by atoms with Gasteiger partial charge in [-0.1, -0.05) is 19.9 Å². The predicted octanol–water partition coefficient (Wildman–Crippen LogP) is 3.99. The fourth-order valence-corrected chi connectivity index (χ4v) is 5.34. The third-order valence-electron chi connectivity index (χ3n) is 7.48. The molecule has 1 N–H and O–H groups in total. The molecule has 0 unspecified atom stereocenters. The lowest BCUT2D eigenvalue weighted by atomic mass is 9.59. The zero-order chi connectivity index (χ0) is 22.6. The van der Waals surface area contributed by atoms with Crippen molar-refractivity contribution in [2.24, 2.45) is 5.92 Å². The maximum Gasteiger partial charge on any atom is 0.414 e. The minimum absolute atomic E-state index is 0.0698. The van der Waals surface area contributed by atoms with E-state index in [1.54, 1.807) is 20.4 Å². The molecule has 2 aromatic carbocycles. The van der Waals surface area contributed by atoms with E-state index in [-0.39, 0.29) is 29.4 Å². The molecule has 2 bridgehead atoms. The van der Waals surface area contributed by atoms with Gasteiger partial charge in [0.15, 0.2) is 0 Å². The smallest absolute Gasteiger partial charge is 0.410 e. The summed E-state index contributed by atoms with van der Waals surface area (Å²) in [6, 6.07) is 11.7. The number of imidazole rings is 1. The second-order valence-electron chi connectivity index (χ2n) is 9.44. The number of H-pyrrole nitrogens is 1. The van der Waals surface area contributed by atoms with Gasteiger partial charge in [-0.3, -0.25) is 4.79 Å². The van der Waals surface area contributed by atoms with Crippen LogP contribution in [0.1, 0.15) is 41.8 Å². The minimum atomic E-state index is -0.383. The Labute approximate surface area is 187 Å². The van der Waals surface area contributed by atoms with E-state index in [0.29, 0.717) is 17.9 Å². The van der Waals surface area contributed by atoms with E-state index in [1.807, 2.05) is 35.2 Å². The maximum atomic E-state index is 13.5. The summed E-state index contributed by atoms with van der Waals surface area (Å²) in [4.78, 5) is 36.3. The van der Waals surface area contributed by atoms with Gasteiger partial charge in [-0.15, -0.1) is 0 Å². The van der Waals surface area contributed by atoms with E-state index < -0.39 is 0 Å². The van der Waals surface area contributed by atoms with Crippen molar-refractivity contribution in [3.05, 3.63) is 59.4 Å². The Morgan fingerprint density at radius 2 is 2.03 bits per heavy atom. The first-order valence-electron chi connectivity index (χ1n) is 11.0. The highest BCUT2D eigenvalue weighted by molar-refractivity contribution is 5.97. The van der Waals surface area contributed by atoms with Crippen LogP contribution in [0.3, 0.4) is 0 Å². The third kappa shape index (κ3) is 3.15. The van der Waals surface area contributed by atoms with Gasteiger partial charge in [0, 0.05) is 32.2 Å². The van der Waals surface area contributed by atoms with E-state index in [4.69, 9.17) is 4.74 Å². The molecule has 1 saturated heterocycles. The first-order valence-corrected chi connectivity index (χ1v) is 11.0. The number of rotatable bonds is 2. The van der Waals surface area contributed by atoms with Crippen LogP contribution in [0.5, 0.6) is 5.75 Å². The first-order chi connectivity index (χ1) is 15.3. The molecule has 1 aliphatic heterocycles. The van der Waals surface area contributed by atoms with Crippen LogP contribution in [0, 0.1) is 5.92 Å². The summed E-state index contributed by atoms with van der Waals surface area (Å²) >= 11 is 0. The number of likely N-dealkylation sites (tertiary alicyclic amines) is 1. The van der Waals surface area contributed by atoms with Gasteiger partial charge >= 0.3 is 6.09 Å². The number of carbonyl (C=O) groups is 2. The Morgan fingerprint density at radius 1 is 1.22 bits per heavy atom. The molecular weight excluding hydrogens is 404 g/mol. The Hall–Kier alpha value is -3.35. The molecule has 1 fully saturated rings. The average Bonchev–Trinajstić information content (AvgIpc) is 3.24. The Balaban J connectivity index is 1.45. The highest BCUT2D eigenvalue weighted by Crippen LogP contribution is 2.49. The van der Waals surface area contributed by atoms with Crippen molar-refractivity contribution < 1.29 is 14.3 Å². The largest absolute Gasteiger partial charge is 0.414 e. The molecule has 5 rings (SSSR count). The van der Waals surface area contributed by atoms with Gasteiger partial charge < -0.3 is 19.5 Å². The van der Waals surface area contributed by atoms with Crippen LogP contribution in [-0.4, -0.2) is 58.5 Å². The predicted molar refractivity (Wildman–Crippen MR) is 122 cm³/mol. The summed E-state index contributed by atoms with van der Waals surface area (Å²) in [6.07, 6.45) is 2.92. The van der Waals surface area contributed by atoms with E-state index >= 15 is 0 Å². The molecule has 0 saturated carbocycles. The fourth-order valence-electron chi connectivity index (χ4n) is 5.34. The molecule has 7 nitrogen and oxygen atoms in total. The summed E-state index contributed by atoms with van der Waals surface area (Å²) in [5.41, 5.74) is 4.80. The molecule has 3 atom stereocenters. The number of hydrogen-bond acceptors (Lipinski definition) is 4. The summed E-state index contributed by atoms with van der Waals surface area (Å²) in [5, 5.41) is 0. The van der Waals surface area contributed by atoms with Gasteiger partial charge in [-0.05, 0) is 65.6 Å². The lowest BCUT2D eigenvalue weighted by Crippen LogP contribution is -2.59. The molecule has 32 heavy (non-hydrogen) atoms. The number of amides is 2. The molecule has 166 valence electrons. The minimum Gasteiger partial charge on any atom is -0.410 e. The quantitative estimate of drug-likeness (QED) is 0.664. The molecule has 1 aromatic heterocycles. The number of fused-ring (bicyclic) bond motifs is 5. The normalized spacial score (nSPS) is 24.2. The van der Waals surface area contributed by atoms with Gasteiger partial charge in [0.25, 0.3) is 5.91 Å². The molecule has 3 aromatic rings. The van der Waals surface area contributed by atoms with Crippen LogP contribution in [-0.2, 0) is 11.8 Å². The summed E-state index contributed by atoms with van der Waals surface area (Å²) in [7, 11) is 3.34. The second kappa shape index (κ2) is 7.36. The number of ether oxygens (including phenoxy) is 1. The monoisotopic (exact) mass is 432 g/mol. The Bertz CT molecular complexity index is 1220. The topological polar surface area (TPSA) is 78.5 Å². The van der Waals surface area contributed by atoms with Crippen molar-refractivity contribution in [1.29, 1.82) is 0 Å². The van der Waals surface area contributed by atoms with Crippen molar-refractivity contribution in [3.8, 4) is 5.75 Å². The molecular formula is C25H28N4O3. The van der Waals surface area contributed by atoms with E-state index in [1.165, 1.54) is 16.0 Å². The fraction of sp³-hybridized carbons (Fsp3) is 0.400. The number of nitrogens with one attached hydrogen (secondary N) is 1.